The number of nitrogens with zero attached hydrogens (tertiary/aromatic N) is 3. The number of hydrogen-bond donors (Lipinski definition) is 1. The summed E-state index contributed by atoms with van der Waals surface area (Å²) in [6.45, 7) is 9.23. The van der Waals surface area contributed by atoms with E-state index in [2.05, 4.69) is 9.97 Å². The van der Waals surface area contributed by atoms with Crippen LogP contribution in [0.15, 0.2) is 6.07 Å². The summed E-state index contributed by atoms with van der Waals surface area (Å²) in [6, 6.07) is 1.90. The highest BCUT2D eigenvalue weighted by Crippen LogP contribution is 2.17. The molecular weight excluding hydrogens is 230 g/mol. The van der Waals surface area contributed by atoms with Crippen LogP contribution in [0.4, 0.5) is 5.82 Å². The molecule has 0 unspecified atom stereocenters. The molecule has 1 heterocycles. The Morgan fingerprint density at radius 2 is 2.11 bits per heavy atom. The van der Waals surface area contributed by atoms with Gasteiger partial charge in [0.1, 0.15) is 11.6 Å². The average molecular weight is 251 g/mol. The lowest BCUT2D eigenvalue weighted by atomic mass is 10.2. The van der Waals surface area contributed by atoms with Gasteiger partial charge in [-0.05, 0) is 13.8 Å². The number of rotatable bonds is 6. The Balaban J connectivity index is 2.94. The minimum Gasteiger partial charge on any atom is -0.481 e. The highest BCUT2D eigenvalue weighted by Gasteiger charge is 2.12. The molecule has 0 aliphatic heterocycles. The van der Waals surface area contributed by atoms with Gasteiger partial charge in [-0.1, -0.05) is 13.8 Å². The first kappa shape index (κ1) is 14.4. The molecule has 0 aromatic carbocycles. The Morgan fingerprint density at radius 1 is 1.44 bits per heavy atom. The lowest BCUT2D eigenvalue weighted by Crippen LogP contribution is -2.27. The van der Waals surface area contributed by atoms with Gasteiger partial charge in [0.25, 0.3) is 0 Å². The zero-order valence-corrected chi connectivity index (χ0v) is 11.5. The highest BCUT2D eigenvalue weighted by molar-refractivity contribution is 5.67. The lowest BCUT2D eigenvalue weighted by molar-refractivity contribution is -0.136. The van der Waals surface area contributed by atoms with E-state index in [-0.39, 0.29) is 12.3 Å². The largest absolute Gasteiger partial charge is 0.481 e. The van der Waals surface area contributed by atoms with Crippen molar-refractivity contribution in [2.24, 2.45) is 0 Å². The minimum absolute atomic E-state index is 0.119. The smallest absolute Gasteiger partial charge is 0.305 e. The van der Waals surface area contributed by atoms with E-state index in [9.17, 15) is 4.79 Å². The second kappa shape index (κ2) is 6.33. The molecule has 0 radical (unpaired) electrons. The van der Waals surface area contributed by atoms with Gasteiger partial charge in [0.05, 0.1) is 6.42 Å². The SMILES string of the molecule is CCN(CCC(=O)O)c1cc(C)nc(C(C)C)n1. The molecule has 0 aliphatic carbocycles. The van der Waals surface area contributed by atoms with Crippen LogP contribution in [-0.2, 0) is 4.79 Å². The van der Waals surface area contributed by atoms with Crippen LogP contribution in [0, 0.1) is 6.92 Å². The van der Waals surface area contributed by atoms with E-state index in [0.717, 1.165) is 23.9 Å². The summed E-state index contributed by atoms with van der Waals surface area (Å²) in [5.74, 6) is 1.10. The van der Waals surface area contributed by atoms with Gasteiger partial charge in [-0.15, -0.1) is 0 Å². The van der Waals surface area contributed by atoms with Crippen LogP contribution in [0.3, 0.4) is 0 Å². The van der Waals surface area contributed by atoms with Crippen molar-refractivity contribution in [3.63, 3.8) is 0 Å². The van der Waals surface area contributed by atoms with Crippen LogP contribution >= 0.6 is 0 Å². The molecular formula is C13H21N3O2. The maximum Gasteiger partial charge on any atom is 0.305 e. The van der Waals surface area contributed by atoms with Gasteiger partial charge in [-0.25, -0.2) is 9.97 Å². The number of hydrogen-bond acceptors (Lipinski definition) is 4. The monoisotopic (exact) mass is 251 g/mol. The molecule has 0 fully saturated rings. The van der Waals surface area contributed by atoms with E-state index in [0.29, 0.717) is 6.54 Å². The Labute approximate surface area is 108 Å². The molecule has 1 N–H and O–H groups in total. The molecule has 1 rings (SSSR count). The van der Waals surface area contributed by atoms with Crippen molar-refractivity contribution in [3.05, 3.63) is 17.6 Å². The molecule has 18 heavy (non-hydrogen) atoms. The number of carbonyl (C=O) groups is 1. The summed E-state index contributed by atoms with van der Waals surface area (Å²) in [7, 11) is 0. The number of aryl methyl sites for hydroxylation is 1. The third-order valence-electron chi connectivity index (χ3n) is 2.68. The second-order valence-corrected chi connectivity index (χ2v) is 4.60. The van der Waals surface area contributed by atoms with Crippen molar-refractivity contribution in [2.45, 2.75) is 40.0 Å². The van der Waals surface area contributed by atoms with Crippen LogP contribution in [0.2, 0.25) is 0 Å². The Hall–Kier alpha value is -1.65. The van der Waals surface area contributed by atoms with Gasteiger partial charge in [0.2, 0.25) is 0 Å². The first-order valence-corrected chi connectivity index (χ1v) is 6.26. The molecule has 1 aromatic rings. The van der Waals surface area contributed by atoms with E-state index in [1.807, 2.05) is 38.7 Å². The van der Waals surface area contributed by atoms with Crippen LogP contribution in [0.5, 0.6) is 0 Å². The molecule has 100 valence electrons. The molecule has 0 bridgehead atoms. The van der Waals surface area contributed by atoms with Gasteiger partial charge in [-0.3, -0.25) is 4.79 Å². The summed E-state index contributed by atoms with van der Waals surface area (Å²) in [5.41, 5.74) is 0.914. The quantitative estimate of drug-likeness (QED) is 0.839. The number of anilines is 1. The maximum atomic E-state index is 10.6. The van der Waals surface area contributed by atoms with E-state index >= 15 is 0 Å². The zero-order chi connectivity index (χ0) is 13.7. The van der Waals surface area contributed by atoms with E-state index in [1.165, 1.54) is 0 Å². The Bertz CT molecular complexity index is 419. The normalized spacial score (nSPS) is 10.7. The topological polar surface area (TPSA) is 66.3 Å². The van der Waals surface area contributed by atoms with Crippen molar-refractivity contribution in [1.29, 1.82) is 0 Å². The van der Waals surface area contributed by atoms with Crippen molar-refractivity contribution in [2.75, 3.05) is 18.0 Å². The average Bonchev–Trinajstić information content (AvgIpc) is 2.28. The summed E-state index contributed by atoms with van der Waals surface area (Å²) in [4.78, 5) is 21.5. The summed E-state index contributed by atoms with van der Waals surface area (Å²) in [6.07, 6.45) is 0.119. The van der Waals surface area contributed by atoms with Crippen LogP contribution in [0.1, 0.15) is 44.6 Å². The molecule has 0 saturated carbocycles. The third-order valence-corrected chi connectivity index (χ3v) is 2.68. The van der Waals surface area contributed by atoms with Gasteiger partial charge >= 0.3 is 5.97 Å². The fourth-order valence-electron chi connectivity index (χ4n) is 1.66. The van der Waals surface area contributed by atoms with E-state index < -0.39 is 5.97 Å². The molecule has 1 aromatic heterocycles. The molecule has 0 saturated heterocycles. The predicted molar refractivity (Wildman–Crippen MR) is 71.0 cm³/mol. The van der Waals surface area contributed by atoms with Crippen LogP contribution in [-0.4, -0.2) is 34.1 Å². The minimum atomic E-state index is -0.789. The van der Waals surface area contributed by atoms with Gasteiger partial charge in [-0.2, -0.15) is 0 Å². The predicted octanol–water partition coefficient (Wildman–Crippen LogP) is 2.21. The molecule has 0 amide bonds. The Kier molecular flexibility index (Phi) is 5.07. The molecule has 0 atom stereocenters. The summed E-state index contributed by atoms with van der Waals surface area (Å²) >= 11 is 0. The van der Waals surface area contributed by atoms with Gasteiger partial charge in [0.15, 0.2) is 0 Å². The first-order chi connectivity index (χ1) is 8.43. The van der Waals surface area contributed by atoms with Crippen molar-refractivity contribution in [1.82, 2.24) is 9.97 Å². The van der Waals surface area contributed by atoms with Crippen LogP contribution < -0.4 is 4.90 Å². The molecule has 5 nitrogen and oxygen atoms in total. The van der Waals surface area contributed by atoms with Crippen molar-refractivity contribution < 1.29 is 9.90 Å². The number of aliphatic carboxylic acids is 1. The van der Waals surface area contributed by atoms with E-state index in [4.69, 9.17) is 5.11 Å². The number of carboxylic acid groups (broad SMARTS) is 1. The van der Waals surface area contributed by atoms with Gasteiger partial charge in [0, 0.05) is 30.8 Å². The number of carboxylic acids is 1. The second-order valence-electron chi connectivity index (χ2n) is 4.60. The fraction of sp³-hybridized carbons (Fsp3) is 0.615. The zero-order valence-electron chi connectivity index (χ0n) is 11.5. The highest BCUT2D eigenvalue weighted by atomic mass is 16.4. The molecule has 0 spiro atoms. The summed E-state index contributed by atoms with van der Waals surface area (Å²) < 4.78 is 0. The first-order valence-electron chi connectivity index (χ1n) is 6.26. The molecule has 0 aliphatic rings. The van der Waals surface area contributed by atoms with Gasteiger partial charge < -0.3 is 10.0 Å². The van der Waals surface area contributed by atoms with Crippen molar-refractivity contribution >= 4 is 11.8 Å². The molecule has 5 heteroatoms. The van der Waals surface area contributed by atoms with E-state index in [1.54, 1.807) is 0 Å². The van der Waals surface area contributed by atoms with Crippen LogP contribution in [0.25, 0.3) is 0 Å². The third kappa shape index (κ3) is 3.98. The standard InChI is InChI=1S/C13H21N3O2/c1-5-16(7-6-12(17)18)11-8-10(4)14-13(15-11)9(2)3/h8-9H,5-7H2,1-4H3,(H,17,18). The number of aromatic nitrogens is 2. The van der Waals surface area contributed by atoms with Crippen molar-refractivity contribution in [3.8, 4) is 0 Å². The lowest BCUT2D eigenvalue weighted by Gasteiger charge is -2.22. The maximum absolute atomic E-state index is 10.6. The fourth-order valence-corrected chi connectivity index (χ4v) is 1.66. The Morgan fingerprint density at radius 3 is 2.61 bits per heavy atom. The summed E-state index contributed by atoms with van der Waals surface area (Å²) in [5, 5.41) is 8.74.